The van der Waals surface area contributed by atoms with Gasteiger partial charge in [0.05, 0.1) is 11.9 Å². The summed E-state index contributed by atoms with van der Waals surface area (Å²) in [6, 6.07) is 17.2. The molecule has 1 amide bonds. The van der Waals surface area contributed by atoms with Crippen LogP contribution in [0.4, 0.5) is 5.69 Å². The molecule has 0 fully saturated rings. The largest absolute Gasteiger partial charge is 0.375 e. The molecule has 0 radical (unpaired) electrons. The molecule has 3 aromatic rings. The Morgan fingerprint density at radius 2 is 1.85 bits per heavy atom. The molecule has 0 atom stereocenters. The van der Waals surface area contributed by atoms with Crippen LogP contribution in [-0.4, -0.2) is 41.0 Å². The number of nitrogens with zero attached hydrogens (tertiary/aromatic N) is 4. The quantitative estimate of drug-likeness (QED) is 0.616. The number of hydrogen-bond donors (Lipinski definition) is 1. The highest BCUT2D eigenvalue weighted by molar-refractivity contribution is 5.77. The number of amides is 1. The summed E-state index contributed by atoms with van der Waals surface area (Å²) in [5, 5.41) is 11.3. The van der Waals surface area contributed by atoms with Crippen molar-refractivity contribution in [1.29, 1.82) is 0 Å². The number of fused-ring (bicyclic) bond motifs is 1. The molecule has 0 saturated heterocycles. The zero-order valence-corrected chi connectivity index (χ0v) is 15.3. The topological polar surface area (TPSA) is 80.1 Å². The molecule has 2 aromatic carbocycles. The lowest BCUT2D eigenvalue weighted by Crippen LogP contribution is -2.31. The third-order valence-corrected chi connectivity index (χ3v) is 4.37. The average Bonchev–Trinajstić information content (AvgIpc) is 2.71. The number of carbonyl (C=O) groups excluding carboxylic acids is 1. The molecular formula is C20H23N5O2. The molecule has 1 heterocycles. The molecule has 0 aliphatic rings. The first-order valence-electron chi connectivity index (χ1n) is 9.00. The molecular weight excluding hydrogens is 342 g/mol. The summed E-state index contributed by atoms with van der Waals surface area (Å²) in [6.45, 7) is 1.65. The molecule has 1 N–H and O–H groups in total. The van der Waals surface area contributed by atoms with Gasteiger partial charge in [0.15, 0.2) is 0 Å². The van der Waals surface area contributed by atoms with Gasteiger partial charge in [-0.1, -0.05) is 35.5 Å². The minimum atomic E-state index is -0.224. The average molecular weight is 365 g/mol. The van der Waals surface area contributed by atoms with E-state index in [-0.39, 0.29) is 24.4 Å². The molecule has 27 heavy (non-hydrogen) atoms. The van der Waals surface area contributed by atoms with Crippen LogP contribution in [-0.2, 0) is 11.3 Å². The van der Waals surface area contributed by atoms with Crippen molar-refractivity contribution in [2.75, 3.05) is 25.0 Å². The Labute approximate surface area is 157 Å². The number of nitrogens with one attached hydrogen (secondary N) is 1. The Bertz CT molecular complexity index is 955. The van der Waals surface area contributed by atoms with E-state index >= 15 is 0 Å². The summed E-state index contributed by atoms with van der Waals surface area (Å²) >= 11 is 0. The molecule has 0 saturated carbocycles. The lowest BCUT2D eigenvalue weighted by molar-refractivity contribution is -0.121. The fourth-order valence-corrected chi connectivity index (χ4v) is 2.82. The zero-order chi connectivity index (χ0) is 19.1. The van der Waals surface area contributed by atoms with Gasteiger partial charge in [0, 0.05) is 32.2 Å². The van der Waals surface area contributed by atoms with Crippen molar-refractivity contribution >= 4 is 22.5 Å². The van der Waals surface area contributed by atoms with Crippen molar-refractivity contribution in [1.82, 2.24) is 20.3 Å². The van der Waals surface area contributed by atoms with Crippen molar-refractivity contribution in [3.05, 3.63) is 65.0 Å². The third-order valence-electron chi connectivity index (χ3n) is 4.37. The monoisotopic (exact) mass is 365 g/mol. The first-order valence-corrected chi connectivity index (χ1v) is 9.00. The van der Waals surface area contributed by atoms with E-state index in [0.29, 0.717) is 17.4 Å². The van der Waals surface area contributed by atoms with E-state index in [4.69, 9.17) is 0 Å². The predicted molar refractivity (Wildman–Crippen MR) is 106 cm³/mol. The molecule has 0 aliphatic heterocycles. The van der Waals surface area contributed by atoms with E-state index in [1.807, 2.05) is 31.3 Å². The van der Waals surface area contributed by atoms with Crippen LogP contribution in [0.3, 0.4) is 0 Å². The van der Waals surface area contributed by atoms with Crippen LogP contribution >= 0.6 is 0 Å². The lowest BCUT2D eigenvalue weighted by atomic mass is 10.2. The summed E-state index contributed by atoms with van der Waals surface area (Å²) in [5.74, 6) is -0.0979. The minimum absolute atomic E-state index is 0.0979. The van der Waals surface area contributed by atoms with Gasteiger partial charge in [0.25, 0.3) is 5.56 Å². The van der Waals surface area contributed by atoms with E-state index in [0.717, 1.165) is 18.7 Å². The fourth-order valence-electron chi connectivity index (χ4n) is 2.82. The first-order chi connectivity index (χ1) is 13.1. The summed E-state index contributed by atoms with van der Waals surface area (Å²) in [7, 11) is 2.03. The van der Waals surface area contributed by atoms with Crippen molar-refractivity contribution in [3.63, 3.8) is 0 Å². The van der Waals surface area contributed by atoms with Crippen molar-refractivity contribution < 1.29 is 4.79 Å². The van der Waals surface area contributed by atoms with Gasteiger partial charge in [-0.2, -0.15) is 0 Å². The van der Waals surface area contributed by atoms with Crippen molar-refractivity contribution in [2.24, 2.45) is 0 Å². The highest BCUT2D eigenvalue weighted by atomic mass is 16.2. The van der Waals surface area contributed by atoms with E-state index in [2.05, 4.69) is 32.7 Å². The maximum atomic E-state index is 12.3. The third kappa shape index (κ3) is 4.91. The molecule has 0 unspecified atom stereocenters. The van der Waals surface area contributed by atoms with Gasteiger partial charge in [-0.3, -0.25) is 9.59 Å². The Kier molecular flexibility index (Phi) is 6.14. The summed E-state index contributed by atoms with van der Waals surface area (Å²) < 4.78 is 1.24. The molecule has 7 nitrogen and oxygen atoms in total. The van der Waals surface area contributed by atoms with Crippen LogP contribution < -0.4 is 15.8 Å². The minimum Gasteiger partial charge on any atom is -0.375 e. The van der Waals surface area contributed by atoms with Gasteiger partial charge in [-0.25, -0.2) is 4.68 Å². The highest BCUT2D eigenvalue weighted by Crippen LogP contribution is 2.10. The Hall–Kier alpha value is -3.22. The number of rotatable bonds is 8. The molecule has 0 spiro atoms. The van der Waals surface area contributed by atoms with Crippen LogP contribution in [0.15, 0.2) is 59.4 Å². The van der Waals surface area contributed by atoms with E-state index < -0.39 is 0 Å². The van der Waals surface area contributed by atoms with Crippen molar-refractivity contribution in [2.45, 2.75) is 19.4 Å². The Balaban J connectivity index is 1.42. The van der Waals surface area contributed by atoms with Crippen molar-refractivity contribution in [3.8, 4) is 0 Å². The van der Waals surface area contributed by atoms with Crippen LogP contribution in [0.1, 0.15) is 12.8 Å². The first kappa shape index (κ1) is 18.6. The summed E-state index contributed by atoms with van der Waals surface area (Å²) in [4.78, 5) is 26.5. The number of para-hydroxylation sites is 1. The second-order valence-electron chi connectivity index (χ2n) is 6.35. The molecule has 7 heteroatoms. The normalized spacial score (nSPS) is 10.7. The van der Waals surface area contributed by atoms with Crippen LogP contribution in [0, 0.1) is 0 Å². The van der Waals surface area contributed by atoms with E-state index in [1.165, 1.54) is 4.68 Å². The molecule has 0 bridgehead atoms. The summed E-state index contributed by atoms with van der Waals surface area (Å²) in [6.07, 6.45) is 1.04. The second kappa shape index (κ2) is 8.93. The maximum absolute atomic E-state index is 12.3. The number of aromatic nitrogens is 3. The number of benzene rings is 2. The predicted octanol–water partition coefficient (Wildman–Crippen LogP) is 1.82. The molecule has 140 valence electrons. The van der Waals surface area contributed by atoms with Crippen LogP contribution in [0.5, 0.6) is 0 Å². The number of aryl methyl sites for hydroxylation is 1. The van der Waals surface area contributed by atoms with Crippen LogP contribution in [0.2, 0.25) is 0 Å². The van der Waals surface area contributed by atoms with Gasteiger partial charge >= 0.3 is 0 Å². The molecule has 3 rings (SSSR count). The maximum Gasteiger partial charge on any atom is 0.277 e. The SMILES string of the molecule is CN(CCCNC(=O)CCn1nnc2ccccc2c1=O)c1ccccc1. The van der Waals surface area contributed by atoms with E-state index in [9.17, 15) is 9.59 Å². The second-order valence-corrected chi connectivity index (χ2v) is 6.35. The van der Waals surface area contributed by atoms with Crippen LogP contribution in [0.25, 0.3) is 10.9 Å². The van der Waals surface area contributed by atoms with Gasteiger partial charge in [0.1, 0.15) is 5.52 Å². The molecule has 1 aromatic heterocycles. The van der Waals surface area contributed by atoms with Gasteiger partial charge in [-0.15, -0.1) is 5.10 Å². The number of carbonyl (C=O) groups is 1. The number of hydrogen-bond acceptors (Lipinski definition) is 5. The Morgan fingerprint density at radius 1 is 1.11 bits per heavy atom. The number of anilines is 1. The van der Waals surface area contributed by atoms with Gasteiger partial charge in [-0.05, 0) is 30.7 Å². The van der Waals surface area contributed by atoms with Gasteiger partial charge in [0.2, 0.25) is 5.91 Å². The van der Waals surface area contributed by atoms with E-state index in [1.54, 1.807) is 18.2 Å². The lowest BCUT2D eigenvalue weighted by Gasteiger charge is -2.19. The fraction of sp³-hybridized carbons (Fsp3) is 0.300. The molecule has 0 aliphatic carbocycles. The standard InChI is InChI=1S/C20H23N5O2/c1-24(16-8-3-2-4-9-16)14-7-13-21-19(26)12-15-25-20(27)17-10-5-6-11-18(17)22-23-25/h2-6,8-11H,7,12-15H2,1H3,(H,21,26). The zero-order valence-electron chi connectivity index (χ0n) is 15.3. The Morgan fingerprint density at radius 3 is 2.67 bits per heavy atom. The highest BCUT2D eigenvalue weighted by Gasteiger charge is 2.07. The smallest absolute Gasteiger partial charge is 0.277 e. The van der Waals surface area contributed by atoms with Gasteiger partial charge < -0.3 is 10.2 Å². The summed E-state index contributed by atoms with van der Waals surface area (Å²) in [5.41, 5.74) is 1.49.